The quantitative estimate of drug-likeness (QED) is 0.643. The lowest BCUT2D eigenvalue weighted by atomic mass is 10.1. The number of pyridine rings is 1. The number of halogens is 1. The topological polar surface area (TPSA) is 37.4 Å². The summed E-state index contributed by atoms with van der Waals surface area (Å²) in [6, 6.07) is 18.8. The largest absolute Gasteiger partial charge is 0.383 e. The summed E-state index contributed by atoms with van der Waals surface area (Å²) in [7, 11) is 1.78. The predicted octanol–water partition coefficient (Wildman–Crippen LogP) is 5.12. The normalized spacial score (nSPS) is 16.8. The van der Waals surface area contributed by atoms with Crippen molar-refractivity contribution in [1.82, 2.24) is 4.98 Å². The van der Waals surface area contributed by atoms with Crippen molar-refractivity contribution in [3.63, 3.8) is 0 Å². The fourth-order valence-electron chi connectivity index (χ4n) is 3.80. The smallest absolute Gasteiger partial charge is 0.129 e. The minimum Gasteiger partial charge on any atom is -0.383 e. The number of methoxy groups -OCH3 is 1. The van der Waals surface area contributed by atoms with Gasteiger partial charge in [-0.1, -0.05) is 41.9 Å². The molecule has 1 aliphatic heterocycles. The minimum absolute atomic E-state index is 0.421. The molecule has 4 rings (SSSR count). The number of hydrogen-bond donors (Lipinski definition) is 1. The van der Waals surface area contributed by atoms with Crippen LogP contribution in [0.25, 0.3) is 10.9 Å². The maximum absolute atomic E-state index is 5.98. The summed E-state index contributed by atoms with van der Waals surface area (Å²) in [5.74, 6) is 0.890. The number of fused-ring (bicyclic) bond motifs is 1. The van der Waals surface area contributed by atoms with Crippen LogP contribution in [0.5, 0.6) is 0 Å². The third-order valence-corrected chi connectivity index (χ3v) is 5.38. The summed E-state index contributed by atoms with van der Waals surface area (Å²) in [5, 5.41) is 5.42. The highest BCUT2D eigenvalue weighted by molar-refractivity contribution is 6.30. The number of nitrogens with one attached hydrogen (secondary N) is 1. The first-order valence-corrected chi connectivity index (χ1v) is 9.76. The average Bonchev–Trinajstić information content (AvgIpc) is 3.15. The second-order valence-electron chi connectivity index (χ2n) is 6.97. The number of benzene rings is 2. The van der Waals surface area contributed by atoms with E-state index in [1.807, 2.05) is 30.3 Å². The first-order chi connectivity index (χ1) is 13.2. The zero-order valence-corrected chi connectivity index (χ0v) is 16.2. The molecule has 1 fully saturated rings. The van der Waals surface area contributed by atoms with Crippen LogP contribution in [0, 0.1) is 0 Å². The van der Waals surface area contributed by atoms with Gasteiger partial charge < -0.3 is 15.0 Å². The molecule has 1 atom stereocenters. The molecule has 0 amide bonds. The van der Waals surface area contributed by atoms with Crippen molar-refractivity contribution < 1.29 is 4.74 Å². The van der Waals surface area contributed by atoms with Gasteiger partial charge in [0.25, 0.3) is 0 Å². The van der Waals surface area contributed by atoms with E-state index >= 15 is 0 Å². The molecule has 2 aromatic carbocycles. The highest BCUT2D eigenvalue weighted by Crippen LogP contribution is 2.33. The lowest BCUT2D eigenvalue weighted by Crippen LogP contribution is -2.33. The summed E-state index contributed by atoms with van der Waals surface area (Å²) in [4.78, 5) is 7.29. The van der Waals surface area contributed by atoms with Crippen molar-refractivity contribution in [2.45, 2.75) is 25.4 Å². The van der Waals surface area contributed by atoms with Gasteiger partial charge in [-0.05, 0) is 36.6 Å². The first kappa shape index (κ1) is 18.1. The first-order valence-electron chi connectivity index (χ1n) is 9.38. The van der Waals surface area contributed by atoms with Gasteiger partial charge in [0.1, 0.15) is 5.82 Å². The summed E-state index contributed by atoms with van der Waals surface area (Å²) < 4.78 is 5.45. The van der Waals surface area contributed by atoms with Gasteiger partial charge >= 0.3 is 0 Å². The van der Waals surface area contributed by atoms with Gasteiger partial charge in [-0.2, -0.15) is 0 Å². The zero-order chi connectivity index (χ0) is 18.6. The molecule has 0 bridgehead atoms. The third kappa shape index (κ3) is 4.02. The Morgan fingerprint density at radius 3 is 2.81 bits per heavy atom. The van der Waals surface area contributed by atoms with E-state index < -0.39 is 0 Å². The monoisotopic (exact) mass is 381 g/mol. The average molecular weight is 382 g/mol. The minimum atomic E-state index is 0.421. The molecule has 1 saturated heterocycles. The molecule has 0 aliphatic carbocycles. The molecule has 0 radical (unpaired) electrons. The van der Waals surface area contributed by atoms with Crippen molar-refractivity contribution in [2.24, 2.45) is 0 Å². The fraction of sp³-hybridized carbons (Fsp3) is 0.318. The van der Waals surface area contributed by atoms with Gasteiger partial charge in [-0.3, -0.25) is 0 Å². The van der Waals surface area contributed by atoms with Gasteiger partial charge in [0.2, 0.25) is 0 Å². The molecule has 27 heavy (non-hydrogen) atoms. The van der Waals surface area contributed by atoms with Crippen LogP contribution in [0.1, 0.15) is 18.4 Å². The van der Waals surface area contributed by atoms with Crippen molar-refractivity contribution in [3.05, 3.63) is 65.2 Å². The molecule has 140 valence electrons. The van der Waals surface area contributed by atoms with Gasteiger partial charge in [0, 0.05) is 36.7 Å². The maximum atomic E-state index is 5.98. The molecule has 1 N–H and O–H groups in total. The highest BCUT2D eigenvalue weighted by atomic mass is 35.5. The number of anilines is 2. The Bertz CT molecular complexity index is 913. The molecule has 2 heterocycles. The lowest BCUT2D eigenvalue weighted by molar-refractivity contribution is 0.181. The number of nitrogens with zero attached hydrogens (tertiary/aromatic N) is 2. The third-order valence-electron chi connectivity index (χ3n) is 5.13. The van der Waals surface area contributed by atoms with E-state index in [4.69, 9.17) is 21.3 Å². The van der Waals surface area contributed by atoms with Crippen LogP contribution in [-0.2, 0) is 11.3 Å². The van der Waals surface area contributed by atoms with Gasteiger partial charge in [0.15, 0.2) is 0 Å². The molecule has 1 aromatic heterocycles. The summed E-state index contributed by atoms with van der Waals surface area (Å²) in [6.07, 6.45) is 2.36. The van der Waals surface area contributed by atoms with E-state index in [1.54, 1.807) is 7.11 Å². The van der Waals surface area contributed by atoms with Crippen LogP contribution in [0.15, 0.2) is 54.6 Å². The van der Waals surface area contributed by atoms with Crippen molar-refractivity contribution in [2.75, 3.05) is 30.5 Å². The molecular formula is C22H24ClN3O. The van der Waals surface area contributed by atoms with Crippen LogP contribution in [0.2, 0.25) is 5.02 Å². The number of ether oxygens (including phenoxy) is 1. The Hall–Kier alpha value is -2.30. The predicted molar refractivity (Wildman–Crippen MR) is 113 cm³/mol. The van der Waals surface area contributed by atoms with Gasteiger partial charge in [0.05, 0.1) is 23.9 Å². The van der Waals surface area contributed by atoms with E-state index in [-0.39, 0.29) is 0 Å². The molecule has 1 unspecified atom stereocenters. The highest BCUT2D eigenvalue weighted by Gasteiger charge is 2.26. The van der Waals surface area contributed by atoms with E-state index in [0.29, 0.717) is 12.6 Å². The van der Waals surface area contributed by atoms with E-state index in [2.05, 4.69) is 34.5 Å². The Morgan fingerprint density at radius 1 is 1.19 bits per heavy atom. The standard InChI is InChI=1S/C22H24ClN3O/c1-27-15-18-5-4-12-26(18)21-13-22(25-20-7-3-2-6-19(20)21)24-14-16-8-10-17(23)11-9-16/h2-3,6-11,13,18H,4-5,12,14-15H2,1H3,(H,24,25). The summed E-state index contributed by atoms with van der Waals surface area (Å²) in [5.41, 5.74) is 3.42. The number of para-hydroxylation sites is 1. The second-order valence-corrected chi connectivity index (χ2v) is 7.41. The van der Waals surface area contributed by atoms with E-state index in [1.165, 1.54) is 23.1 Å². The Kier molecular flexibility index (Phi) is 5.46. The van der Waals surface area contributed by atoms with Crippen LogP contribution < -0.4 is 10.2 Å². The van der Waals surface area contributed by atoms with Crippen LogP contribution in [0.3, 0.4) is 0 Å². The molecule has 5 heteroatoms. The zero-order valence-electron chi connectivity index (χ0n) is 15.5. The molecule has 3 aromatic rings. The Balaban J connectivity index is 1.64. The second kappa shape index (κ2) is 8.15. The van der Waals surface area contributed by atoms with Crippen LogP contribution >= 0.6 is 11.6 Å². The molecule has 1 aliphatic rings. The van der Waals surface area contributed by atoms with Crippen molar-refractivity contribution >= 4 is 34.0 Å². The summed E-state index contributed by atoms with van der Waals surface area (Å²) in [6.45, 7) is 2.52. The number of aromatic nitrogens is 1. The fourth-order valence-corrected chi connectivity index (χ4v) is 3.92. The van der Waals surface area contributed by atoms with Gasteiger partial charge in [-0.25, -0.2) is 4.98 Å². The molecule has 0 spiro atoms. The maximum Gasteiger partial charge on any atom is 0.129 e. The number of hydrogen-bond acceptors (Lipinski definition) is 4. The molecule has 0 saturated carbocycles. The van der Waals surface area contributed by atoms with Crippen LogP contribution in [-0.4, -0.2) is 31.3 Å². The van der Waals surface area contributed by atoms with E-state index in [9.17, 15) is 0 Å². The molecule has 4 nitrogen and oxygen atoms in total. The SMILES string of the molecule is COCC1CCCN1c1cc(NCc2ccc(Cl)cc2)nc2ccccc12. The van der Waals surface area contributed by atoms with E-state index in [0.717, 1.165) is 35.9 Å². The Morgan fingerprint density at radius 2 is 2.00 bits per heavy atom. The van der Waals surface area contributed by atoms with Crippen LogP contribution in [0.4, 0.5) is 11.5 Å². The Labute approximate surface area is 165 Å². The number of rotatable bonds is 6. The van der Waals surface area contributed by atoms with Crippen molar-refractivity contribution in [1.29, 1.82) is 0 Å². The summed E-state index contributed by atoms with van der Waals surface area (Å²) >= 11 is 5.98. The van der Waals surface area contributed by atoms with Gasteiger partial charge in [-0.15, -0.1) is 0 Å². The molecular weight excluding hydrogens is 358 g/mol. The lowest BCUT2D eigenvalue weighted by Gasteiger charge is -2.28. The van der Waals surface area contributed by atoms with Crippen molar-refractivity contribution in [3.8, 4) is 0 Å².